The van der Waals surface area contributed by atoms with E-state index in [9.17, 15) is 0 Å². The number of aromatic nitrogens is 3. The Hall–Kier alpha value is -1.33. The Kier molecular flexibility index (Phi) is 7.43. The Morgan fingerprint density at radius 2 is 2.23 bits per heavy atom. The Bertz CT molecular complexity index is 1030. The molecule has 1 aliphatic rings. The molecule has 3 aromatic rings. The fourth-order valence-corrected chi connectivity index (χ4v) is 5.12. The molecule has 1 aliphatic heterocycles. The largest absolute Gasteiger partial charge is 0.376 e. The summed E-state index contributed by atoms with van der Waals surface area (Å²) >= 11 is 15.2. The molecule has 11 heteroatoms. The van der Waals surface area contributed by atoms with Crippen LogP contribution in [-0.2, 0) is 20.8 Å². The molecule has 0 saturated carbocycles. The number of nitrogens with two attached hydrogens (primary N) is 1. The summed E-state index contributed by atoms with van der Waals surface area (Å²) in [5.74, 6) is 0. The molecule has 0 amide bonds. The van der Waals surface area contributed by atoms with Gasteiger partial charge in [0, 0.05) is 29.1 Å². The van der Waals surface area contributed by atoms with E-state index in [4.69, 9.17) is 43.1 Å². The van der Waals surface area contributed by atoms with Crippen molar-refractivity contribution in [2.45, 2.75) is 42.1 Å². The number of anilines is 1. The van der Waals surface area contributed by atoms with Crippen molar-refractivity contribution in [1.82, 2.24) is 14.8 Å². The van der Waals surface area contributed by atoms with Crippen LogP contribution in [0.15, 0.2) is 40.9 Å². The lowest BCUT2D eigenvalue weighted by atomic mass is 10.1. The van der Waals surface area contributed by atoms with Crippen LogP contribution < -0.4 is 5.73 Å². The number of hydrogen-bond acceptors (Lipinski definition) is 8. The molecule has 1 saturated heterocycles. The highest BCUT2D eigenvalue weighted by Crippen LogP contribution is 2.35. The van der Waals surface area contributed by atoms with Crippen LogP contribution in [0.4, 0.5) is 5.13 Å². The first-order valence-electron chi connectivity index (χ1n) is 9.58. The van der Waals surface area contributed by atoms with Gasteiger partial charge in [0.05, 0.1) is 41.2 Å². The molecule has 0 radical (unpaired) electrons. The zero-order valence-corrected chi connectivity index (χ0v) is 20.0. The average molecular weight is 501 g/mol. The van der Waals surface area contributed by atoms with Gasteiger partial charge in [0.2, 0.25) is 0 Å². The molecule has 0 aliphatic carbocycles. The molecule has 0 bridgehead atoms. The third-order valence-corrected chi connectivity index (χ3v) is 7.51. The van der Waals surface area contributed by atoms with E-state index in [1.165, 1.54) is 23.1 Å². The van der Waals surface area contributed by atoms with Crippen LogP contribution in [0.3, 0.4) is 0 Å². The van der Waals surface area contributed by atoms with Gasteiger partial charge in [-0.15, -0.1) is 11.3 Å². The van der Waals surface area contributed by atoms with Gasteiger partial charge in [-0.25, -0.2) is 4.98 Å². The topological polar surface area (TPSA) is 84.4 Å². The Morgan fingerprint density at radius 3 is 2.84 bits per heavy atom. The smallest absolute Gasteiger partial charge is 0.180 e. The third-order valence-electron chi connectivity index (χ3n) is 4.92. The van der Waals surface area contributed by atoms with Crippen LogP contribution >= 0.6 is 46.3 Å². The minimum Gasteiger partial charge on any atom is -0.376 e. The fourth-order valence-electron chi connectivity index (χ4n) is 3.04. The molecule has 3 unspecified atom stereocenters. The molecule has 2 N–H and O–H groups in total. The quantitative estimate of drug-likeness (QED) is 0.332. The second kappa shape index (κ2) is 10.1. The maximum Gasteiger partial charge on any atom is 0.180 e. The predicted octanol–water partition coefficient (Wildman–Crippen LogP) is 4.83. The van der Waals surface area contributed by atoms with Crippen LogP contribution in [-0.4, -0.2) is 52.2 Å². The molecule has 4 rings (SSSR count). The molecule has 2 aromatic heterocycles. The van der Waals surface area contributed by atoms with E-state index < -0.39 is 0 Å². The van der Waals surface area contributed by atoms with Crippen LogP contribution in [0.5, 0.6) is 0 Å². The Labute approximate surface area is 198 Å². The summed E-state index contributed by atoms with van der Waals surface area (Å²) in [4.78, 5) is 5.25. The summed E-state index contributed by atoms with van der Waals surface area (Å²) in [7, 11) is 1.67. The van der Waals surface area contributed by atoms with E-state index in [-0.39, 0.29) is 23.7 Å². The number of ether oxygens (including phenoxy) is 3. The number of halogens is 2. The first-order chi connectivity index (χ1) is 14.9. The van der Waals surface area contributed by atoms with Gasteiger partial charge >= 0.3 is 0 Å². The highest BCUT2D eigenvalue weighted by molar-refractivity contribution is 7.99. The first-order valence-corrected chi connectivity index (χ1v) is 12.1. The van der Waals surface area contributed by atoms with Gasteiger partial charge in [-0.2, -0.15) is 5.10 Å². The molecule has 7 nitrogen and oxygen atoms in total. The number of benzene rings is 1. The number of nitrogens with zero attached hydrogens (tertiary/aromatic N) is 3. The minimum absolute atomic E-state index is 0.00378. The summed E-state index contributed by atoms with van der Waals surface area (Å²) < 4.78 is 19.5. The zero-order valence-electron chi connectivity index (χ0n) is 16.9. The number of rotatable bonds is 9. The summed E-state index contributed by atoms with van der Waals surface area (Å²) in [5, 5.41) is 7.92. The monoisotopic (exact) mass is 500 g/mol. The van der Waals surface area contributed by atoms with Gasteiger partial charge in [-0.3, -0.25) is 4.68 Å². The average Bonchev–Trinajstić information content (AvgIpc) is 3.39. The van der Waals surface area contributed by atoms with Crippen molar-refractivity contribution < 1.29 is 14.2 Å². The number of thiazole rings is 1. The van der Waals surface area contributed by atoms with Crippen LogP contribution in [0.2, 0.25) is 10.0 Å². The highest BCUT2D eigenvalue weighted by Gasteiger charge is 2.35. The third kappa shape index (κ3) is 5.54. The van der Waals surface area contributed by atoms with Gasteiger partial charge in [-0.1, -0.05) is 35.0 Å². The van der Waals surface area contributed by atoms with Gasteiger partial charge in [0.1, 0.15) is 17.6 Å². The van der Waals surface area contributed by atoms with Gasteiger partial charge in [0.25, 0.3) is 0 Å². The molecule has 1 fully saturated rings. The van der Waals surface area contributed by atoms with Crippen molar-refractivity contribution in [2.75, 3.05) is 19.5 Å². The number of thioether (sulfide) groups is 1. The number of nitrogen functional groups attached to an aromatic ring is 1. The molecular weight excluding hydrogens is 479 g/mol. The number of hydrogen-bond donors (Lipinski definition) is 1. The van der Waals surface area contributed by atoms with Crippen LogP contribution in [0, 0.1) is 0 Å². The van der Waals surface area contributed by atoms with Crippen molar-refractivity contribution in [1.29, 1.82) is 0 Å². The standard InChI is InChI=1S/C20H22Cl2N4O3S2/c1-11-18(9-28-11)29-19(31-13-3-4-14(21)15(22)5-13)17(27-2)8-26-7-12(6-24-26)16-10-30-20(23)25-16/h3-7,10-11,17-19H,8-9H2,1-2H3,(H2,23,25)/t11?,17-,18?,19?/m0/s1. The van der Waals surface area contributed by atoms with E-state index in [2.05, 4.69) is 10.1 Å². The lowest BCUT2D eigenvalue weighted by Crippen LogP contribution is -2.48. The van der Waals surface area contributed by atoms with Crippen molar-refractivity contribution in [3.05, 3.63) is 46.0 Å². The highest BCUT2D eigenvalue weighted by atomic mass is 35.5. The lowest BCUT2D eigenvalue weighted by molar-refractivity contribution is -0.198. The lowest BCUT2D eigenvalue weighted by Gasteiger charge is -2.38. The molecule has 0 spiro atoms. The van der Waals surface area contributed by atoms with Crippen molar-refractivity contribution in [3.8, 4) is 11.3 Å². The van der Waals surface area contributed by atoms with Crippen molar-refractivity contribution in [2.24, 2.45) is 0 Å². The second-order valence-electron chi connectivity index (χ2n) is 7.07. The minimum atomic E-state index is -0.304. The normalized spacial score (nSPS) is 20.4. The maximum absolute atomic E-state index is 6.36. The Morgan fingerprint density at radius 1 is 1.39 bits per heavy atom. The van der Waals surface area contributed by atoms with E-state index in [0.29, 0.717) is 28.3 Å². The molecule has 4 atom stereocenters. The second-order valence-corrected chi connectivity index (χ2v) is 9.95. The molecule has 3 heterocycles. The summed E-state index contributed by atoms with van der Waals surface area (Å²) in [6, 6.07) is 5.53. The van der Waals surface area contributed by atoms with E-state index >= 15 is 0 Å². The Balaban J connectivity index is 1.51. The SMILES string of the molecule is CO[C@@H](Cn1cc(-c2csc(N)n2)cn1)C(OC1COC1C)Sc1ccc(Cl)c(Cl)c1. The van der Waals surface area contributed by atoms with Gasteiger partial charge < -0.3 is 19.9 Å². The predicted molar refractivity (Wildman–Crippen MR) is 125 cm³/mol. The summed E-state index contributed by atoms with van der Waals surface area (Å²) in [6.07, 6.45) is 3.46. The van der Waals surface area contributed by atoms with Gasteiger partial charge in [-0.05, 0) is 25.1 Å². The van der Waals surface area contributed by atoms with Gasteiger partial charge in [0.15, 0.2) is 5.13 Å². The summed E-state index contributed by atoms with van der Waals surface area (Å²) in [5.41, 5.74) is 7.15. The van der Waals surface area contributed by atoms with Crippen LogP contribution in [0.25, 0.3) is 11.3 Å². The first kappa shape index (κ1) is 22.8. The van der Waals surface area contributed by atoms with E-state index in [1.807, 2.05) is 35.3 Å². The van der Waals surface area contributed by atoms with E-state index in [0.717, 1.165) is 16.2 Å². The van der Waals surface area contributed by atoms with E-state index in [1.54, 1.807) is 19.4 Å². The molecule has 31 heavy (non-hydrogen) atoms. The molecular formula is C20H22Cl2N4O3S2. The number of methoxy groups -OCH3 is 1. The molecule has 1 aromatic carbocycles. The van der Waals surface area contributed by atoms with Crippen molar-refractivity contribution in [3.63, 3.8) is 0 Å². The fraction of sp³-hybridized carbons (Fsp3) is 0.400. The van der Waals surface area contributed by atoms with Crippen molar-refractivity contribution >= 4 is 51.4 Å². The molecule has 166 valence electrons. The summed E-state index contributed by atoms with van der Waals surface area (Å²) in [6.45, 7) is 3.06. The van der Waals surface area contributed by atoms with Crippen LogP contribution in [0.1, 0.15) is 6.92 Å². The zero-order chi connectivity index (χ0) is 22.0. The maximum atomic E-state index is 6.36.